The number of benzene rings is 2. The van der Waals surface area contributed by atoms with E-state index in [0.717, 1.165) is 17.1 Å². The van der Waals surface area contributed by atoms with Crippen molar-refractivity contribution < 1.29 is 9.47 Å². The van der Waals surface area contributed by atoms with Crippen molar-refractivity contribution in [2.75, 3.05) is 13.2 Å². The molecule has 0 bridgehead atoms. The Kier molecular flexibility index (Phi) is 5.84. The van der Waals surface area contributed by atoms with Crippen molar-refractivity contribution in [3.63, 3.8) is 0 Å². The Labute approximate surface area is 133 Å². The van der Waals surface area contributed by atoms with Crippen LogP contribution in [0.25, 0.3) is 0 Å². The summed E-state index contributed by atoms with van der Waals surface area (Å²) in [6, 6.07) is 14.1. The van der Waals surface area contributed by atoms with Crippen LogP contribution in [0.4, 0.5) is 0 Å². The molecule has 0 saturated heterocycles. The summed E-state index contributed by atoms with van der Waals surface area (Å²) in [5, 5.41) is 0. The summed E-state index contributed by atoms with van der Waals surface area (Å²) in [7, 11) is 0. The second-order valence-corrected chi connectivity index (χ2v) is 5.72. The van der Waals surface area contributed by atoms with E-state index >= 15 is 0 Å². The quantitative estimate of drug-likeness (QED) is 0.785. The van der Waals surface area contributed by atoms with E-state index in [1.54, 1.807) is 0 Å². The van der Waals surface area contributed by atoms with Crippen LogP contribution < -0.4 is 15.2 Å². The molecule has 0 aromatic heterocycles. The number of hydrogen-bond donors (Lipinski definition) is 1. The molecular formula is C19H25NO2. The van der Waals surface area contributed by atoms with Crippen molar-refractivity contribution in [3.8, 4) is 11.5 Å². The fraction of sp³-hybridized carbons (Fsp3) is 0.368. The highest BCUT2D eigenvalue weighted by molar-refractivity contribution is 5.36. The first-order valence-corrected chi connectivity index (χ1v) is 7.75. The third-order valence-corrected chi connectivity index (χ3v) is 3.64. The summed E-state index contributed by atoms with van der Waals surface area (Å²) in [5.74, 6) is 2.27. The second kappa shape index (κ2) is 7.85. The van der Waals surface area contributed by atoms with E-state index in [-0.39, 0.29) is 0 Å². The molecule has 2 aromatic rings. The monoisotopic (exact) mass is 299 g/mol. The normalized spacial score (nSPS) is 10.8. The largest absolute Gasteiger partial charge is 0.490 e. The maximum Gasteiger partial charge on any atom is 0.122 e. The molecule has 2 N–H and O–H groups in total. The van der Waals surface area contributed by atoms with Gasteiger partial charge in [-0.1, -0.05) is 32.0 Å². The third-order valence-electron chi connectivity index (χ3n) is 3.64. The maximum absolute atomic E-state index is 5.74. The Hall–Kier alpha value is -2.00. The van der Waals surface area contributed by atoms with Crippen molar-refractivity contribution in [2.45, 2.75) is 33.2 Å². The molecule has 2 aromatic carbocycles. The lowest BCUT2D eigenvalue weighted by Crippen LogP contribution is -2.09. The maximum atomic E-state index is 5.74. The zero-order valence-corrected chi connectivity index (χ0v) is 13.6. The van der Waals surface area contributed by atoms with Gasteiger partial charge in [0.05, 0.1) is 0 Å². The van der Waals surface area contributed by atoms with Gasteiger partial charge in [0, 0.05) is 6.54 Å². The topological polar surface area (TPSA) is 44.5 Å². The van der Waals surface area contributed by atoms with Crippen molar-refractivity contribution in [1.29, 1.82) is 0 Å². The van der Waals surface area contributed by atoms with Gasteiger partial charge in [0.1, 0.15) is 24.7 Å². The van der Waals surface area contributed by atoms with Crippen molar-refractivity contribution >= 4 is 0 Å². The lowest BCUT2D eigenvalue weighted by molar-refractivity contribution is 0.217. The molecule has 0 atom stereocenters. The molecule has 3 heteroatoms. The number of aryl methyl sites for hydroxylation is 1. The van der Waals surface area contributed by atoms with Gasteiger partial charge in [-0.25, -0.2) is 0 Å². The predicted molar refractivity (Wildman–Crippen MR) is 90.6 cm³/mol. The average molecular weight is 299 g/mol. The van der Waals surface area contributed by atoms with Crippen LogP contribution in [0.1, 0.15) is 36.5 Å². The fourth-order valence-electron chi connectivity index (χ4n) is 2.43. The van der Waals surface area contributed by atoms with Crippen LogP contribution in [-0.4, -0.2) is 13.2 Å². The van der Waals surface area contributed by atoms with E-state index in [2.05, 4.69) is 32.9 Å². The molecule has 0 radical (unpaired) electrons. The van der Waals surface area contributed by atoms with E-state index in [0.29, 0.717) is 25.7 Å². The lowest BCUT2D eigenvalue weighted by Gasteiger charge is -2.13. The first kappa shape index (κ1) is 16.4. The van der Waals surface area contributed by atoms with Gasteiger partial charge in [0.2, 0.25) is 0 Å². The minimum Gasteiger partial charge on any atom is -0.490 e. The second-order valence-electron chi connectivity index (χ2n) is 5.72. The number of nitrogens with two attached hydrogens (primary N) is 1. The molecule has 0 fully saturated rings. The Balaban J connectivity index is 1.79. The molecule has 0 saturated carbocycles. The Morgan fingerprint density at radius 3 is 2.05 bits per heavy atom. The van der Waals surface area contributed by atoms with Gasteiger partial charge in [-0.05, 0) is 53.8 Å². The van der Waals surface area contributed by atoms with Crippen molar-refractivity contribution in [1.82, 2.24) is 0 Å². The Morgan fingerprint density at radius 1 is 0.909 bits per heavy atom. The smallest absolute Gasteiger partial charge is 0.122 e. The highest BCUT2D eigenvalue weighted by Crippen LogP contribution is 2.23. The van der Waals surface area contributed by atoms with Crippen LogP contribution in [0.5, 0.6) is 11.5 Å². The molecule has 0 heterocycles. The Bertz CT molecular complexity index is 591. The summed E-state index contributed by atoms with van der Waals surface area (Å²) in [4.78, 5) is 0. The predicted octanol–water partition coefficient (Wildman–Crippen LogP) is 4.03. The zero-order valence-electron chi connectivity index (χ0n) is 13.6. The summed E-state index contributed by atoms with van der Waals surface area (Å²) in [6.07, 6.45) is 0. The molecule has 0 aliphatic carbocycles. The van der Waals surface area contributed by atoms with Crippen LogP contribution in [0.2, 0.25) is 0 Å². The van der Waals surface area contributed by atoms with E-state index in [1.807, 2.05) is 30.3 Å². The number of ether oxygens (including phenoxy) is 2. The number of hydrogen-bond acceptors (Lipinski definition) is 3. The first-order valence-electron chi connectivity index (χ1n) is 7.75. The average Bonchev–Trinajstić information content (AvgIpc) is 2.52. The molecule has 22 heavy (non-hydrogen) atoms. The summed E-state index contributed by atoms with van der Waals surface area (Å²) in [6.45, 7) is 8.12. The van der Waals surface area contributed by atoms with Gasteiger partial charge < -0.3 is 15.2 Å². The molecule has 118 valence electrons. The highest BCUT2D eigenvalue weighted by Gasteiger charge is 2.04. The van der Waals surface area contributed by atoms with Crippen molar-refractivity contribution in [2.24, 2.45) is 5.73 Å². The standard InChI is InChI=1S/C19H25NO2/c1-14(2)19-9-8-18(12-15(19)3)22-11-10-21-17-6-4-16(13-20)5-7-17/h4-9,12,14H,10-11,13,20H2,1-3H3. The molecule has 2 rings (SSSR count). The highest BCUT2D eigenvalue weighted by atomic mass is 16.5. The van der Waals surface area contributed by atoms with Crippen LogP contribution in [0.15, 0.2) is 42.5 Å². The molecule has 0 spiro atoms. The van der Waals surface area contributed by atoms with Crippen LogP contribution in [0.3, 0.4) is 0 Å². The summed E-state index contributed by atoms with van der Waals surface area (Å²) >= 11 is 0. The van der Waals surface area contributed by atoms with Gasteiger partial charge >= 0.3 is 0 Å². The van der Waals surface area contributed by atoms with Gasteiger partial charge in [-0.15, -0.1) is 0 Å². The molecular weight excluding hydrogens is 274 g/mol. The molecule has 0 aliphatic rings. The van der Waals surface area contributed by atoms with Gasteiger partial charge in [0.25, 0.3) is 0 Å². The number of rotatable bonds is 7. The van der Waals surface area contributed by atoms with Gasteiger partial charge in [-0.2, -0.15) is 0 Å². The minimum absolute atomic E-state index is 0.521. The van der Waals surface area contributed by atoms with Crippen LogP contribution >= 0.6 is 0 Å². The summed E-state index contributed by atoms with van der Waals surface area (Å²) < 4.78 is 11.4. The SMILES string of the molecule is Cc1cc(OCCOc2ccc(CN)cc2)ccc1C(C)C. The van der Waals surface area contributed by atoms with Crippen LogP contribution in [0, 0.1) is 6.92 Å². The third kappa shape index (κ3) is 4.50. The lowest BCUT2D eigenvalue weighted by atomic mass is 9.98. The molecule has 0 aliphatic heterocycles. The van der Waals surface area contributed by atoms with E-state index in [4.69, 9.17) is 15.2 Å². The van der Waals surface area contributed by atoms with E-state index < -0.39 is 0 Å². The molecule has 0 amide bonds. The van der Waals surface area contributed by atoms with E-state index in [9.17, 15) is 0 Å². The van der Waals surface area contributed by atoms with Gasteiger partial charge in [-0.3, -0.25) is 0 Å². The van der Waals surface area contributed by atoms with E-state index in [1.165, 1.54) is 11.1 Å². The zero-order chi connectivity index (χ0) is 15.9. The van der Waals surface area contributed by atoms with Crippen LogP contribution in [-0.2, 0) is 6.54 Å². The first-order chi connectivity index (χ1) is 10.6. The minimum atomic E-state index is 0.521. The van der Waals surface area contributed by atoms with Crippen molar-refractivity contribution in [3.05, 3.63) is 59.2 Å². The Morgan fingerprint density at radius 2 is 1.50 bits per heavy atom. The fourth-order valence-corrected chi connectivity index (χ4v) is 2.43. The van der Waals surface area contributed by atoms with Gasteiger partial charge in [0.15, 0.2) is 0 Å². The molecule has 3 nitrogen and oxygen atoms in total. The molecule has 0 unspecified atom stereocenters. The summed E-state index contributed by atoms with van der Waals surface area (Å²) in [5.41, 5.74) is 9.30.